The Labute approximate surface area is 121 Å². The summed E-state index contributed by atoms with van der Waals surface area (Å²) in [6.07, 6.45) is 2.40. The van der Waals surface area contributed by atoms with Crippen molar-refractivity contribution in [3.63, 3.8) is 0 Å². The first-order chi connectivity index (χ1) is 9.42. The number of aromatic amines is 1. The molecule has 1 aliphatic rings. The first-order valence-corrected chi connectivity index (χ1v) is 8.43. The topological polar surface area (TPSA) is 77.2 Å². The highest BCUT2D eigenvalue weighted by Crippen LogP contribution is 2.19. The summed E-state index contributed by atoms with van der Waals surface area (Å²) in [5.41, 5.74) is 0.865. The maximum atomic E-state index is 12.4. The van der Waals surface area contributed by atoms with E-state index in [1.165, 1.54) is 0 Å². The molecule has 3 N–H and O–H groups in total. The fourth-order valence-corrected chi connectivity index (χ4v) is 4.06. The first-order valence-electron chi connectivity index (χ1n) is 6.95. The van der Waals surface area contributed by atoms with Crippen LogP contribution in [0.15, 0.2) is 17.2 Å². The van der Waals surface area contributed by atoms with E-state index >= 15 is 0 Å². The molecule has 0 spiro atoms. The molecule has 2 heterocycles. The molecule has 1 fully saturated rings. The second-order valence-electron chi connectivity index (χ2n) is 5.65. The zero-order valence-corrected chi connectivity index (χ0v) is 13.1. The Kier molecular flexibility index (Phi) is 4.85. The third kappa shape index (κ3) is 3.60. The van der Waals surface area contributed by atoms with Crippen molar-refractivity contribution in [2.45, 2.75) is 30.8 Å². The Morgan fingerprint density at radius 3 is 2.90 bits per heavy atom. The summed E-state index contributed by atoms with van der Waals surface area (Å²) in [6, 6.07) is 1.69. The van der Waals surface area contributed by atoms with E-state index in [4.69, 9.17) is 0 Å². The molecule has 0 saturated carbocycles. The molecule has 1 saturated heterocycles. The van der Waals surface area contributed by atoms with Crippen molar-refractivity contribution in [1.82, 2.24) is 19.9 Å². The fourth-order valence-electron chi connectivity index (χ4n) is 2.66. The normalized spacial score (nSPS) is 24.9. The van der Waals surface area contributed by atoms with Crippen LogP contribution in [0.2, 0.25) is 0 Å². The number of piperidine rings is 1. The molecular weight excluding hydrogens is 276 g/mol. The second kappa shape index (κ2) is 6.26. The quantitative estimate of drug-likeness (QED) is 0.733. The van der Waals surface area contributed by atoms with Crippen molar-refractivity contribution in [2.75, 3.05) is 27.2 Å². The molecule has 0 aliphatic carbocycles. The molecule has 1 aliphatic heterocycles. The van der Waals surface area contributed by atoms with Gasteiger partial charge in [-0.3, -0.25) is 0 Å². The highest BCUT2D eigenvalue weighted by molar-refractivity contribution is 7.89. The monoisotopic (exact) mass is 300 g/mol. The van der Waals surface area contributed by atoms with Crippen molar-refractivity contribution in [3.8, 4) is 0 Å². The van der Waals surface area contributed by atoms with Crippen molar-refractivity contribution in [3.05, 3.63) is 18.0 Å². The van der Waals surface area contributed by atoms with Gasteiger partial charge in [-0.25, -0.2) is 13.1 Å². The summed E-state index contributed by atoms with van der Waals surface area (Å²) in [6.45, 7) is 4.56. The lowest BCUT2D eigenvalue weighted by molar-refractivity contribution is 0.188. The Bertz CT molecular complexity index is 540. The molecule has 2 unspecified atom stereocenters. The van der Waals surface area contributed by atoms with Crippen molar-refractivity contribution in [2.24, 2.45) is 5.92 Å². The van der Waals surface area contributed by atoms with Gasteiger partial charge in [0, 0.05) is 31.0 Å². The lowest BCUT2D eigenvalue weighted by Gasteiger charge is -2.34. The van der Waals surface area contributed by atoms with E-state index in [1.54, 1.807) is 12.3 Å². The Hall–Kier alpha value is -0.890. The molecule has 2 atom stereocenters. The van der Waals surface area contributed by atoms with Crippen LogP contribution in [0.1, 0.15) is 19.0 Å². The molecule has 2 rings (SSSR count). The van der Waals surface area contributed by atoms with Gasteiger partial charge in [0.1, 0.15) is 0 Å². The van der Waals surface area contributed by atoms with E-state index < -0.39 is 10.0 Å². The van der Waals surface area contributed by atoms with E-state index in [-0.39, 0.29) is 6.04 Å². The van der Waals surface area contributed by atoms with Gasteiger partial charge in [0.05, 0.1) is 4.90 Å². The number of sulfonamides is 1. The van der Waals surface area contributed by atoms with Gasteiger partial charge in [-0.2, -0.15) is 0 Å². The third-order valence-electron chi connectivity index (χ3n) is 3.81. The van der Waals surface area contributed by atoms with Crippen LogP contribution < -0.4 is 10.0 Å². The standard InChI is InChI=1S/C13H24N4O2S/c1-10-9-17(3)5-4-13(10)16-20(18,19)12-6-11(7-14-2)15-8-12/h6,8,10,13-16H,4-5,7,9H2,1-3H3. The predicted octanol–water partition coefficient (Wildman–Crippen LogP) is 0.353. The summed E-state index contributed by atoms with van der Waals surface area (Å²) < 4.78 is 27.6. The van der Waals surface area contributed by atoms with E-state index in [0.717, 1.165) is 25.2 Å². The third-order valence-corrected chi connectivity index (χ3v) is 5.28. The van der Waals surface area contributed by atoms with Gasteiger partial charge in [-0.15, -0.1) is 0 Å². The average Bonchev–Trinajstić information content (AvgIpc) is 2.83. The number of rotatable bonds is 5. The van der Waals surface area contributed by atoms with Crippen molar-refractivity contribution < 1.29 is 8.42 Å². The van der Waals surface area contributed by atoms with Gasteiger partial charge >= 0.3 is 0 Å². The van der Waals surface area contributed by atoms with Crippen molar-refractivity contribution >= 4 is 10.0 Å². The number of likely N-dealkylation sites (tertiary alicyclic amines) is 1. The summed E-state index contributed by atoms with van der Waals surface area (Å²) in [4.78, 5) is 5.53. The summed E-state index contributed by atoms with van der Waals surface area (Å²) in [5.74, 6) is 0.319. The van der Waals surface area contributed by atoms with E-state index in [1.807, 2.05) is 7.05 Å². The van der Waals surface area contributed by atoms with Gasteiger partial charge in [0.25, 0.3) is 0 Å². The first kappa shape index (κ1) is 15.5. The number of aromatic nitrogens is 1. The Balaban J connectivity index is 2.06. The summed E-state index contributed by atoms with van der Waals surface area (Å²) in [7, 11) is 0.458. The summed E-state index contributed by atoms with van der Waals surface area (Å²) >= 11 is 0. The number of hydrogen-bond acceptors (Lipinski definition) is 4. The van der Waals surface area contributed by atoms with Crippen LogP contribution in [0.25, 0.3) is 0 Å². The SMILES string of the molecule is CNCc1cc(S(=O)(=O)NC2CCN(C)CC2C)c[nH]1. The molecule has 6 nitrogen and oxygen atoms in total. The van der Waals surface area contributed by atoms with Gasteiger partial charge in [-0.1, -0.05) is 6.92 Å². The number of nitrogens with zero attached hydrogens (tertiary/aromatic N) is 1. The fraction of sp³-hybridized carbons (Fsp3) is 0.692. The number of hydrogen-bond donors (Lipinski definition) is 3. The largest absolute Gasteiger partial charge is 0.363 e. The highest BCUT2D eigenvalue weighted by Gasteiger charge is 2.29. The minimum Gasteiger partial charge on any atom is -0.363 e. The zero-order valence-electron chi connectivity index (χ0n) is 12.3. The molecule has 114 valence electrons. The molecule has 7 heteroatoms. The van der Waals surface area contributed by atoms with Crippen LogP contribution in [-0.4, -0.2) is 51.5 Å². The molecular formula is C13H24N4O2S. The smallest absolute Gasteiger partial charge is 0.242 e. The van der Waals surface area contributed by atoms with E-state index in [2.05, 4.69) is 33.9 Å². The molecule has 1 aromatic heterocycles. The summed E-state index contributed by atoms with van der Waals surface area (Å²) in [5, 5.41) is 2.99. The lowest BCUT2D eigenvalue weighted by atomic mass is 9.95. The highest BCUT2D eigenvalue weighted by atomic mass is 32.2. The van der Waals surface area contributed by atoms with Gasteiger partial charge < -0.3 is 15.2 Å². The van der Waals surface area contributed by atoms with Gasteiger partial charge in [0.2, 0.25) is 10.0 Å². The van der Waals surface area contributed by atoms with Crippen LogP contribution in [0.3, 0.4) is 0 Å². The molecule has 20 heavy (non-hydrogen) atoms. The van der Waals surface area contributed by atoms with E-state index in [0.29, 0.717) is 17.4 Å². The minimum absolute atomic E-state index is 0.0128. The van der Waals surface area contributed by atoms with Crippen LogP contribution in [0, 0.1) is 5.92 Å². The second-order valence-corrected chi connectivity index (χ2v) is 7.36. The molecule has 0 bridgehead atoms. The van der Waals surface area contributed by atoms with Gasteiger partial charge in [-0.05, 0) is 39.0 Å². The molecule has 0 amide bonds. The lowest BCUT2D eigenvalue weighted by Crippen LogP contribution is -2.48. The maximum absolute atomic E-state index is 12.4. The number of nitrogens with one attached hydrogen (secondary N) is 3. The Morgan fingerprint density at radius 2 is 2.25 bits per heavy atom. The maximum Gasteiger partial charge on any atom is 0.242 e. The van der Waals surface area contributed by atoms with Crippen LogP contribution in [0.4, 0.5) is 0 Å². The van der Waals surface area contributed by atoms with Crippen LogP contribution in [-0.2, 0) is 16.6 Å². The zero-order chi connectivity index (χ0) is 14.8. The van der Waals surface area contributed by atoms with Gasteiger partial charge in [0.15, 0.2) is 0 Å². The van der Waals surface area contributed by atoms with Crippen LogP contribution >= 0.6 is 0 Å². The Morgan fingerprint density at radius 1 is 1.50 bits per heavy atom. The average molecular weight is 300 g/mol. The van der Waals surface area contributed by atoms with E-state index in [9.17, 15) is 8.42 Å². The predicted molar refractivity (Wildman–Crippen MR) is 78.9 cm³/mol. The minimum atomic E-state index is -3.44. The molecule has 1 aromatic rings. The van der Waals surface area contributed by atoms with Crippen molar-refractivity contribution in [1.29, 1.82) is 0 Å². The molecule has 0 aromatic carbocycles. The molecule has 0 radical (unpaired) electrons. The number of H-pyrrole nitrogens is 1. The van der Waals surface area contributed by atoms with Crippen LogP contribution in [0.5, 0.6) is 0 Å².